The third-order valence-electron chi connectivity index (χ3n) is 5.02. The zero-order valence-electron chi connectivity index (χ0n) is 14.6. The van der Waals surface area contributed by atoms with Crippen LogP contribution < -0.4 is 10.1 Å². The van der Waals surface area contributed by atoms with Gasteiger partial charge in [0.05, 0.1) is 12.6 Å². The second-order valence-corrected chi connectivity index (χ2v) is 6.82. The molecule has 0 radical (unpaired) electrons. The Labute approximate surface area is 153 Å². The van der Waals surface area contributed by atoms with Crippen LogP contribution in [-0.2, 0) is 11.3 Å². The topological polar surface area (TPSA) is 58.6 Å². The summed E-state index contributed by atoms with van der Waals surface area (Å²) in [7, 11) is 0. The van der Waals surface area contributed by atoms with Gasteiger partial charge >= 0.3 is 0 Å². The molecule has 26 heavy (non-hydrogen) atoms. The highest BCUT2D eigenvalue weighted by Gasteiger charge is 2.23. The van der Waals surface area contributed by atoms with Gasteiger partial charge in [-0.05, 0) is 30.2 Å². The zero-order valence-corrected chi connectivity index (χ0v) is 14.6. The minimum atomic E-state index is -0.0875. The lowest BCUT2D eigenvalue weighted by atomic mass is 10.00. The van der Waals surface area contributed by atoms with Gasteiger partial charge in [-0.2, -0.15) is 0 Å². The van der Waals surface area contributed by atoms with E-state index in [0.717, 1.165) is 36.3 Å². The van der Waals surface area contributed by atoms with Crippen molar-refractivity contribution in [1.82, 2.24) is 10.2 Å². The average molecular weight is 350 g/mol. The third kappa shape index (κ3) is 3.43. The van der Waals surface area contributed by atoms with Crippen molar-refractivity contribution in [3.05, 3.63) is 65.2 Å². The summed E-state index contributed by atoms with van der Waals surface area (Å²) in [6.07, 6.45) is 2.34. The Morgan fingerprint density at radius 3 is 2.73 bits per heavy atom. The minimum Gasteiger partial charge on any atom is -0.493 e. The Balaban J connectivity index is 1.42. The number of para-hydroxylation sites is 1. The monoisotopic (exact) mass is 350 g/mol. The second-order valence-electron chi connectivity index (χ2n) is 6.82. The molecular weight excluding hydrogens is 328 g/mol. The van der Waals surface area contributed by atoms with Gasteiger partial charge in [-0.25, -0.2) is 0 Å². The number of carbonyl (C=O) groups excluding carboxylic acids is 2. The molecule has 2 aliphatic rings. The van der Waals surface area contributed by atoms with Crippen LogP contribution in [0.15, 0.2) is 48.5 Å². The molecular formula is C21H22N2O3. The summed E-state index contributed by atoms with van der Waals surface area (Å²) in [6.45, 7) is 2.04. The van der Waals surface area contributed by atoms with E-state index in [-0.39, 0.29) is 17.9 Å². The number of hydrogen-bond donors (Lipinski definition) is 1. The van der Waals surface area contributed by atoms with Gasteiger partial charge in [-0.3, -0.25) is 9.59 Å². The molecule has 4 rings (SSSR count). The number of fused-ring (bicyclic) bond motifs is 1. The van der Waals surface area contributed by atoms with Crippen LogP contribution >= 0.6 is 0 Å². The molecule has 2 heterocycles. The lowest BCUT2D eigenvalue weighted by Gasteiger charge is -2.26. The van der Waals surface area contributed by atoms with Gasteiger partial charge in [0.1, 0.15) is 5.75 Å². The first-order chi connectivity index (χ1) is 12.7. The molecule has 0 aliphatic carbocycles. The van der Waals surface area contributed by atoms with E-state index >= 15 is 0 Å². The van der Waals surface area contributed by atoms with Gasteiger partial charge < -0.3 is 15.0 Å². The highest BCUT2D eigenvalue weighted by atomic mass is 16.5. The summed E-state index contributed by atoms with van der Waals surface area (Å²) in [5.74, 6) is 0.968. The van der Waals surface area contributed by atoms with Gasteiger partial charge in [0.2, 0.25) is 5.91 Å². The molecule has 0 aromatic heterocycles. The molecule has 0 spiro atoms. The fourth-order valence-corrected chi connectivity index (χ4v) is 3.59. The average Bonchev–Trinajstić information content (AvgIpc) is 3.07. The molecule has 134 valence electrons. The number of hydrogen-bond acceptors (Lipinski definition) is 3. The Hall–Kier alpha value is -2.82. The zero-order chi connectivity index (χ0) is 17.9. The number of carbonyl (C=O) groups is 2. The normalized spacial score (nSPS) is 19.0. The number of amides is 2. The maximum atomic E-state index is 12.6. The van der Waals surface area contributed by atoms with Crippen LogP contribution in [0.1, 0.15) is 46.8 Å². The van der Waals surface area contributed by atoms with Crippen LogP contribution in [0, 0.1) is 0 Å². The van der Waals surface area contributed by atoms with Crippen LogP contribution in [0.5, 0.6) is 5.75 Å². The summed E-state index contributed by atoms with van der Waals surface area (Å²) < 4.78 is 5.65. The number of ether oxygens (including phenoxy) is 1. The van der Waals surface area contributed by atoms with E-state index in [1.54, 1.807) is 0 Å². The van der Waals surface area contributed by atoms with Crippen molar-refractivity contribution in [3.63, 3.8) is 0 Å². The van der Waals surface area contributed by atoms with E-state index in [1.807, 2.05) is 53.4 Å². The first kappa shape index (κ1) is 16.6. The molecule has 0 unspecified atom stereocenters. The van der Waals surface area contributed by atoms with Crippen molar-refractivity contribution in [1.29, 1.82) is 0 Å². The quantitative estimate of drug-likeness (QED) is 0.922. The number of nitrogens with zero attached hydrogens (tertiary/aromatic N) is 1. The fraction of sp³-hybridized carbons (Fsp3) is 0.333. The largest absolute Gasteiger partial charge is 0.493 e. The second kappa shape index (κ2) is 7.20. The first-order valence-electron chi connectivity index (χ1n) is 9.10. The van der Waals surface area contributed by atoms with Gasteiger partial charge in [0.15, 0.2) is 0 Å². The van der Waals surface area contributed by atoms with Gasteiger partial charge in [-0.1, -0.05) is 30.3 Å². The summed E-state index contributed by atoms with van der Waals surface area (Å²) >= 11 is 0. The minimum absolute atomic E-state index is 0.0330. The predicted octanol–water partition coefficient (Wildman–Crippen LogP) is 3.06. The summed E-state index contributed by atoms with van der Waals surface area (Å²) in [6, 6.07) is 15.3. The van der Waals surface area contributed by atoms with Crippen molar-refractivity contribution in [2.45, 2.75) is 31.8 Å². The Bertz CT molecular complexity index is 816. The number of likely N-dealkylation sites (tertiary alicyclic amines) is 1. The molecule has 5 heteroatoms. The van der Waals surface area contributed by atoms with Gasteiger partial charge in [-0.15, -0.1) is 0 Å². The number of benzene rings is 2. The molecule has 2 aromatic carbocycles. The summed E-state index contributed by atoms with van der Waals surface area (Å²) in [5, 5.41) is 3.11. The molecule has 1 saturated heterocycles. The summed E-state index contributed by atoms with van der Waals surface area (Å²) in [5.41, 5.74) is 2.70. The smallest absolute Gasteiger partial charge is 0.251 e. The fourth-order valence-electron chi connectivity index (χ4n) is 3.59. The van der Waals surface area contributed by atoms with E-state index in [0.29, 0.717) is 25.1 Å². The molecule has 1 atom stereocenters. The molecule has 1 fully saturated rings. The SMILES string of the molecule is O=C(N[C@H]1CCOc2ccccc21)c1ccc(CN2CCCC2=O)cc1. The van der Waals surface area contributed by atoms with Crippen molar-refractivity contribution in [2.24, 2.45) is 0 Å². The number of nitrogens with one attached hydrogen (secondary N) is 1. The van der Waals surface area contributed by atoms with Crippen LogP contribution in [-0.4, -0.2) is 29.9 Å². The van der Waals surface area contributed by atoms with Crippen LogP contribution in [0.2, 0.25) is 0 Å². The van der Waals surface area contributed by atoms with Crippen molar-refractivity contribution in [2.75, 3.05) is 13.2 Å². The van der Waals surface area contributed by atoms with E-state index in [4.69, 9.17) is 4.74 Å². The number of rotatable bonds is 4. The van der Waals surface area contributed by atoms with E-state index in [9.17, 15) is 9.59 Å². The summed E-state index contributed by atoms with van der Waals surface area (Å²) in [4.78, 5) is 26.2. The molecule has 5 nitrogen and oxygen atoms in total. The molecule has 2 amide bonds. The lowest BCUT2D eigenvalue weighted by molar-refractivity contribution is -0.128. The maximum absolute atomic E-state index is 12.6. The van der Waals surface area contributed by atoms with Crippen LogP contribution in [0.4, 0.5) is 0 Å². The highest BCUT2D eigenvalue weighted by molar-refractivity contribution is 5.94. The Kier molecular flexibility index (Phi) is 4.61. The molecule has 2 aliphatic heterocycles. The van der Waals surface area contributed by atoms with E-state index in [1.165, 1.54) is 0 Å². The Morgan fingerprint density at radius 1 is 1.15 bits per heavy atom. The molecule has 2 aromatic rings. The van der Waals surface area contributed by atoms with Crippen LogP contribution in [0.25, 0.3) is 0 Å². The molecule has 0 bridgehead atoms. The third-order valence-corrected chi connectivity index (χ3v) is 5.02. The standard InChI is InChI=1S/C21H22N2O3/c24-20-6-3-12-23(20)14-15-7-9-16(10-8-15)21(25)22-18-11-13-26-19-5-2-1-4-17(18)19/h1-2,4-5,7-10,18H,3,6,11-14H2,(H,22,25)/t18-/m0/s1. The van der Waals surface area contributed by atoms with E-state index in [2.05, 4.69) is 5.32 Å². The van der Waals surface area contributed by atoms with Gasteiger partial charge in [0, 0.05) is 37.1 Å². The van der Waals surface area contributed by atoms with Crippen LogP contribution in [0.3, 0.4) is 0 Å². The van der Waals surface area contributed by atoms with E-state index < -0.39 is 0 Å². The molecule has 1 N–H and O–H groups in total. The van der Waals surface area contributed by atoms with Crippen molar-refractivity contribution >= 4 is 11.8 Å². The highest BCUT2D eigenvalue weighted by Crippen LogP contribution is 2.31. The van der Waals surface area contributed by atoms with Crippen molar-refractivity contribution < 1.29 is 14.3 Å². The maximum Gasteiger partial charge on any atom is 0.251 e. The first-order valence-corrected chi connectivity index (χ1v) is 9.10. The van der Waals surface area contributed by atoms with Gasteiger partial charge in [0.25, 0.3) is 5.91 Å². The molecule has 0 saturated carbocycles. The van der Waals surface area contributed by atoms with Crippen molar-refractivity contribution in [3.8, 4) is 5.75 Å². The lowest BCUT2D eigenvalue weighted by Crippen LogP contribution is -2.32. The predicted molar refractivity (Wildman–Crippen MR) is 97.9 cm³/mol. The Morgan fingerprint density at radius 2 is 1.96 bits per heavy atom.